The van der Waals surface area contributed by atoms with Crippen LogP contribution in [-0.2, 0) is 9.59 Å². The molecule has 2 fully saturated rings. The highest BCUT2D eigenvalue weighted by Crippen LogP contribution is 2.37. The molecule has 1 spiro atoms. The number of carbonyl (C=O) groups excluding carboxylic acids is 3. The van der Waals surface area contributed by atoms with Gasteiger partial charge in [-0.3, -0.25) is 19.3 Å². The molecular weight excluding hydrogens is 438 g/mol. The van der Waals surface area contributed by atoms with Gasteiger partial charge in [-0.25, -0.2) is 14.5 Å². The summed E-state index contributed by atoms with van der Waals surface area (Å²) in [6.07, 6.45) is 6.69. The molecule has 3 N–H and O–H groups in total. The lowest BCUT2D eigenvalue weighted by Crippen LogP contribution is -2.49. The second-order valence-corrected chi connectivity index (χ2v) is 8.85. The van der Waals surface area contributed by atoms with Gasteiger partial charge in [-0.05, 0) is 43.7 Å². The maximum Gasteiger partial charge on any atom is 0.325 e. The van der Waals surface area contributed by atoms with E-state index in [0.29, 0.717) is 41.2 Å². The van der Waals surface area contributed by atoms with E-state index in [-0.39, 0.29) is 11.5 Å². The Kier molecular flexibility index (Phi) is 5.39. The van der Waals surface area contributed by atoms with Gasteiger partial charge in [-0.15, -0.1) is 0 Å². The number of fused-ring (bicyclic) bond motifs is 1. The summed E-state index contributed by atoms with van der Waals surface area (Å²) in [5.74, 6) is -0.290. The quantitative estimate of drug-likeness (QED) is 0.494. The van der Waals surface area contributed by atoms with Crippen LogP contribution in [0.2, 0.25) is 0 Å². The van der Waals surface area contributed by atoms with Gasteiger partial charge in [-0.1, -0.05) is 25.5 Å². The molecule has 1 aliphatic heterocycles. The Morgan fingerprint density at radius 2 is 1.97 bits per heavy atom. The monoisotopic (exact) mass is 463 g/mol. The Morgan fingerprint density at radius 3 is 2.74 bits per heavy atom. The SMILES string of the molecule is CCC1CCC2(CC1)NC(=O)N(CC(=O)Nc1ccccc1-n1ncc3c(=O)[nH]cnc31)C2=O. The number of urea groups is 1. The summed E-state index contributed by atoms with van der Waals surface area (Å²) in [5, 5.41) is 10.2. The van der Waals surface area contributed by atoms with Crippen molar-refractivity contribution in [2.24, 2.45) is 5.92 Å². The summed E-state index contributed by atoms with van der Waals surface area (Å²) >= 11 is 0. The van der Waals surface area contributed by atoms with Gasteiger partial charge in [-0.2, -0.15) is 5.10 Å². The lowest BCUT2D eigenvalue weighted by atomic mass is 9.75. The second kappa shape index (κ2) is 8.40. The zero-order valence-corrected chi connectivity index (χ0v) is 18.7. The second-order valence-electron chi connectivity index (χ2n) is 8.85. The Hall–Kier alpha value is -4.02. The topological polar surface area (TPSA) is 142 Å². The standard InChI is InChI=1S/C23H25N7O4/c1-2-14-7-9-23(10-8-14)21(33)29(22(34)28-23)12-18(31)27-16-5-3-4-6-17(16)30-19-15(11-26-30)20(32)25-13-24-19/h3-6,11,13-14H,2,7-10,12H2,1H3,(H,27,31)(H,28,34)(H,24,25,32). The molecule has 11 heteroatoms. The van der Waals surface area contributed by atoms with Crippen LogP contribution in [-0.4, -0.2) is 54.6 Å². The number of anilines is 1. The number of carbonyl (C=O) groups is 3. The first-order valence-electron chi connectivity index (χ1n) is 11.4. The number of rotatable bonds is 5. The largest absolute Gasteiger partial charge is 0.325 e. The maximum absolute atomic E-state index is 13.1. The van der Waals surface area contributed by atoms with Crippen LogP contribution in [0.15, 0.2) is 41.6 Å². The molecule has 176 valence electrons. The molecule has 2 aromatic heterocycles. The highest BCUT2D eigenvalue weighted by molar-refractivity contribution is 6.10. The minimum absolute atomic E-state index is 0.311. The van der Waals surface area contributed by atoms with Crippen LogP contribution in [0, 0.1) is 5.92 Å². The molecule has 1 aliphatic carbocycles. The average molecular weight is 463 g/mol. The van der Waals surface area contributed by atoms with Gasteiger partial charge in [0.25, 0.3) is 11.5 Å². The van der Waals surface area contributed by atoms with Gasteiger partial charge in [0.1, 0.15) is 17.5 Å². The molecule has 4 amide bonds. The van der Waals surface area contributed by atoms with Crippen LogP contribution in [0.25, 0.3) is 16.7 Å². The smallest absolute Gasteiger partial charge is 0.323 e. The molecule has 5 rings (SSSR count). The summed E-state index contributed by atoms with van der Waals surface area (Å²) < 4.78 is 1.45. The van der Waals surface area contributed by atoms with E-state index < -0.39 is 24.0 Å². The number of nitrogens with one attached hydrogen (secondary N) is 3. The minimum atomic E-state index is -0.895. The van der Waals surface area contributed by atoms with Crippen LogP contribution in [0.1, 0.15) is 39.0 Å². The maximum atomic E-state index is 13.1. The Labute approximate surface area is 194 Å². The third kappa shape index (κ3) is 3.62. The van der Waals surface area contributed by atoms with E-state index in [0.717, 1.165) is 24.2 Å². The van der Waals surface area contributed by atoms with Gasteiger partial charge in [0.05, 0.1) is 23.9 Å². The Balaban J connectivity index is 1.34. The first-order valence-corrected chi connectivity index (χ1v) is 11.4. The average Bonchev–Trinajstić information content (AvgIpc) is 3.36. The molecule has 11 nitrogen and oxygen atoms in total. The van der Waals surface area contributed by atoms with Crippen LogP contribution in [0.5, 0.6) is 0 Å². The van der Waals surface area contributed by atoms with Crippen molar-refractivity contribution in [3.63, 3.8) is 0 Å². The highest BCUT2D eigenvalue weighted by Gasteiger charge is 2.52. The summed E-state index contributed by atoms with van der Waals surface area (Å²) in [5.41, 5.74) is 0.0240. The van der Waals surface area contributed by atoms with E-state index in [4.69, 9.17) is 0 Å². The number of aromatic amines is 1. The number of aromatic nitrogens is 4. The number of amides is 4. The minimum Gasteiger partial charge on any atom is -0.323 e. The Morgan fingerprint density at radius 1 is 1.21 bits per heavy atom. The van der Waals surface area contributed by atoms with Gasteiger partial charge in [0, 0.05) is 0 Å². The summed E-state index contributed by atoms with van der Waals surface area (Å²) in [7, 11) is 0. The molecule has 2 aliphatic rings. The summed E-state index contributed by atoms with van der Waals surface area (Å²) in [4.78, 5) is 58.3. The van der Waals surface area contributed by atoms with Crippen molar-refractivity contribution in [1.29, 1.82) is 0 Å². The van der Waals surface area contributed by atoms with Crippen molar-refractivity contribution < 1.29 is 14.4 Å². The van der Waals surface area contributed by atoms with Gasteiger partial charge >= 0.3 is 6.03 Å². The van der Waals surface area contributed by atoms with Crippen molar-refractivity contribution in [2.75, 3.05) is 11.9 Å². The molecule has 0 atom stereocenters. The zero-order chi connectivity index (χ0) is 23.9. The van der Waals surface area contributed by atoms with Crippen LogP contribution >= 0.6 is 0 Å². The fourth-order valence-corrected chi connectivity index (χ4v) is 4.87. The lowest BCUT2D eigenvalue weighted by Gasteiger charge is -2.34. The van der Waals surface area contributed by atoms with Crippen LogP contribution < -0.4 is 16.2 Å². The van der Waals surface area contributed by atoms with E-state index in [9.17, 15) is 19.2 Å². The van der Waals surface area contributed by atoms with E-state index >= 15 is 0 Å². The third-order valence-electron chi connectivity index (χ3n) is 6.86. The fourth-order valence-electron chi connectivity index (χ4n) is 4.87. The predicted octanol–water partition coefficient (Wildman–Crippen LogP) is 1.94. The number of H-pyrrole nitrogens is 1. The first kappa shape index (κ1) is 21.8. The molecule has 0 bridgehead atoms. The van der Waals surface area contributed by atoms with Crippen molar-refractivity contribution in [3.8, 4) is 5.69 Å². The first-order chi connectivity index (χ1) is 16.4. The molecular formula is C23H25N7O4. The number of nitrogens with zero attached hydrogens (tertiary/aromatic N) is 4. The molecule has 3 aromatic rings. The summed E-state index contributed by atoms with van der Waals surface area (Å²) in [6.45, 7) is 1.74. The number of para-hydroxylation sites is 2. The molecule has 1 saturated carbocycles. The van der Waals surface area contributed by atoms with E-state index in [1.54, 1.807) is 24.3 Å². The molecule has 1 saturated heterocycles. The molecule has 3 heterocycles. The van der Waals surface area contributed by atoms with E-state index in [2.05, 4.69) is 32.6 Å². The molecule has 1 aromatic carbocycles. The zero-order valence-electron chi connectivity index (χ0n) is 18.7. The van der Waals surface area contributed by atoms with Gasteiger partial charge in [0.2, 0.25) is 5.91 Å². The van der Waals surface area contributed by atoms with Crippen molar-refractivity contribution in [3.05, 3.63) is 47.1 Å². The third-order valence-corrected chi connectivity index (χ3v) is 6.86. The van der Waals surface area contributed by atoms with Crippen LogP contribution in [0.3, 0.4) is 0 Å². The number of benzene rings is 1. The predicted molar refractivity (Wildman–Crippen MR) is 123 cm³/mol. The molecule has 34 heavy (non-hydrogen) atoms. The van der Waals surface area contributed by atoms with Crippen LogP contribution in [0.4, 0.5) is 10.5 Å². The lowest BCUT2D eigenvalue weighted by molar-refractivity contribution is -0.135. The fraction of sp³-hybridized carbons (Fsp3) is 0.391. The molecule has 0 unspecified atom stereocenters. The number of hydrogen-bond donors (Lipinski definition) is 3. The van der Waals surface area contributed by atoms with Gasteiger partial charge in [0.15, 0.2) is 5.65 Å². The van der Waals surface area contributed by atoms with Crippen molar-refractivity contribution in [1.82, 2.24) is 30.0 Å². The van der Waals surface area contributed by atoms with Crippen molar-refractivity contribution >= 4 is 34.6 Å². The van der Waals surface area contributed by atoms with E-state index in [1.165, 1.54) is 17.2 Å². The van der Waals surface area contributed by atoms with E-state index in [1.807, 2.05) is 0 Å². The number of hydrogen-bond acceptors (Lipinski definition) is 6. The molecule has 0 radical (unpaired) electrons. The Bertz CT molecular complexity index is 1340. The normalized spacial score (nSPS) is 22.4. The summed E-state index contributed by atoms with van der Waals surface area (Å²) in [6, 6.07) is 6.36. The highest BCUT2D eigenvalue weighted by atomic mass is 16.2. The van der Waals surface area contributed by atoms with Gasteiger partial charge < -0.3 is 15.6 Å². The van der Waals surface area contributed by atoms with Crippen molar-refractivity contribution in [2.45, 2.75) is 44.6 Å². The number of imide groups is 1.